The average molecular weight is 269 g/mol. The number of amides is 1. The standard InChI is InChI=1S/C13H13F2NO3/c14-12(15)19-8-1-2-10-9(7-8)13(11(17)16-10)3-5-18-6-4-13/h1-2,7,12H,3-6H2,(H,16,17). The molecule has 0 bridgehead atoms. The molecule has 102 valence electrons. The molecule has 1 aromatic carbocycles. The van der Waals surface area contributed by atoms with Gasteiger partial charge in [0.05, 0.1) is 5.41 Å². The van der Waals surface area contributed by atoms with Crippen molar-refractivity contribution in [2.45, 2.75) is 24.9 Å². The van der Waals surface area contributed by atoms with Crippen LogP contribution in [0.3, 0.4) is 0 Å². The Hall–Kier alpha value is -1.69. The van der Waals surface area contributed by atoms with Crippen LogP contribution in [0.4, 0.5) is 14.5 Å². The van der Waals surface area contributed by atoms with Crippen LogP contribution >= 0.6 is 0 Å². The van der Waals surface area contributed by atoms with E-state index in [-0.39, 0.29) is 11.7 Å². The molecule has 1 amide bonds. The second-order valence-electron chi connectivity index (χ2n) is 4.73. The number of alkyl halides is 2. The van der Waals surface area contributed by atoms with E-state index in [9.17, 15) is 13.6 Å². The Labute approximate surface area is 108 Å². The first kappa shape index (κ1) is 12.3. The van der Waals surface area contributed by atoms with E-state index in [1.165, 1.54) is 12.1 Å². The third kappa shape index (κ3) is 1.96. The molecule has 0 radical (unpaired) electrons. The lowest BCUT2D eigenvalue weighted by Crippen LogP contribution is -2.39. The van der Waals surface area contributed by atoms with Gasteiger partial charge >= 0.3 is 6.61 Å². The minimum absolute atomic E-state index is 0.0797. The highest BCUT2D eigenvalue weighted by molar-refractivity contribution is 6.06. The van der Waals surface area contributed by atoms with Gasteiger partial charge in [-0.2, -0.15) is 8.78 Å². The number of rotatable bonds is 2. The summed E-state index contributed by atoms with van der Waals surface area (Å²) in [4.78, 5) is 12.2. The smallest absolute Gasteiger partial charge is 0.387 e. The maximum absolute atomic E-state index is 12.3. The molecule has 0 unspecified atom stereocenters. The number of ether oxygens (including phenoxy) is 2. The fraction of sp³-hybridized carbons (Fsp3) is 0.462. The Morgan fingerprint density at radius 2 is 2.05 bits per heavy atom. The highest BCUT2D eigenvalue weighted by Crippen LogP contribution is 2.45. The monoisotopic (exact) mass is 269 g/mol. The van der Waals surface area contributed by atoms with Crippen LogP contribution in [-0.4, -0.2) is 25.7 Å². The van der Waals surface area contributed by atoms with Gasteiger partial charge in [-0.1, -0.05) is 0 Å². The van der Waals surface area contributed by atoms with Crippen molar-refractivity contribution < 1.29 is 23.0 Å². The molecular weight excluding hydrogens is 256 g/mol. The largest absolute Gasteiger partial charge is 0.435 e. The van der Waals surface area contributed by atoms with Crippen LogP contribution in [0.5, 0.6) is 5.75 Å². The molecule has 1 spiro atoms. The molecule has 1 saturated heterocycles. The lowest BCUT2D eigenvalue weighted by Gasteiger charge is -2.31. The molecule has 2 aliphatic rings. The van der Waals surface area contributed by atoms with Gasteiger partial charge in [0.15, 0.2) is 0 Å². The van der Waals surface area contributed by atoms with Gasteiger partial charge in [-0.3, -0.25) is 4.79 Å². The van der Waals surface area contributed by atoms with Crippen LogP contribution in [-0.2, 0) is 14.9 Å². The van der Waals surface area contributed by atoms with Gasteiger partial charge in [-0.15, -0.1) is 0 Å². The van der Waals surface area contributed by atoms with E-state index in [1.807, 2.05) is 0 Å². The van der Waals surface area contributed by atoms with Gasteiger partial charge in [0, 0.05) is 18.9 Å². The first-order valence-electron chi connectivity index (χ1n) is 6.10. The molecule has 0 saturated carbocycles. The molecule has 19 heavy (non-hydrogen) atoms. The predicted molar refractivity (Wildman–Crippen MR) is 63.4 cm³/mol. The number of hydrogen-bond acceptors (Lipinski definition) is 3. The quantitative estimate of drug-likeness (QED) is 0.896. The molecule has 0 aromatic heterocycles. The second kappa shape index (κ2) is 4.45. The lowest BCUT2D eigenvalue weighted by molar-refractivity contribution is -0.124. The number of nitrogens with one attached hydrogen (secondary N) is 1. The van der Waals surface area contributed by atoms with Crippen molar-refractivity contribution in [3.63, 3.8) is 0 Å². The lowest BCUT2D eigenvalue weighted by atomic mass is 9.75. The number of carbonyl (C=O) groups is 1. The molecular formula is C13H13F2NO3. The Morgan fingerprint density at radius 1 is 1.32 bits per heavy atom. The summed E-state index contributed by atoms with van der Waals surface area (Å²) < 4.78 is 34.2. The van der Waals surface area contributed by atoms with Gasteiger partial charge in [0.2, 0.25) is 5.91 Å². The van der Waals surface area contributed by atoms with E-state index in [0.29, 0.717) is 31.7 Å². The van der Waals surface area contributed by atoms with Crippen LogP contribution < -0.4 is 10.1 Å². The van der Waals surface area contributed by atoms with E-state index in [0.717, 1.165) is 5.56 Å². The fourth-order valence-corrected chi connectivity index (χ4v) is 2.78. The first-order valence-corrected chi connectivity index (χ1v) is 6.10. The van der Waals surface area contributed by atoms with Crippen LogP contribution in [0.1, 0.15) is 18.4 Å². The summed E-state index contributed by atoms with van der Waals surface area (Å²) in [6, 6.07) is 4.57. The molecule has 1 N–H and O–H groups in total. The van der Waals surface area contributed by atoms with Crippen LogP contribution in [0.15, 0.2) is 18.2 Å². The fourth-order valence-electron chi connectivity index (χ4n) is 2.78. The summed E-state index contributed by atoms with van der Waals surface area (Å²) in [5.74, 6) is -0.00360. The molecule has 3 rings (SSSR count). The van der Waals surface area contributed by atoms with Gasteiger partial charge in [0.1, 0.15) is 5.75 Å². The van der Waals surface area contributed by atoms with Crippen molar-refractivity contribution in [2.24, 2.45) is 0 Å². The van der Waals surface area contributed by atoms with E-state index >= 15 is 0 Å². The van der Waals surface area contributed by atoms with Crippen molar-refractivity contribution in [3.05, 3.63) is 23.8 Å². The molecule has 2 aliphatic heterocycles. The van der Waals surface area contributed by atoms with Crippen LogP contribution in [0, 0.1) is 0 Å². The minimum atomic E-state index is -2.87. The Bertz CT molecular complexity index is 513. The highest BCUT2D eigenvalue weighted by Gasteiger charge is 2.47. The Kier molecular flexibility index (Phi) is 2.89. The summed E-state index contributed by atoms with van der Waals surface area (Å²) in [6.07, 6.45) is 1.12. The van der Waals surface area contributed by atoms with E-state index in [1.54, 1.807) is 6.07 Å². The maximum atomic E-state index is 12.3. The highest BCUT2D eigenvalue weighted by atomic mass is 19.3. The van der Waals surface area contributed by atoms with Crippen molar-refractivity contribution in [2.75, 3.05) is 18.5 Å². The summed E-state index contributed by atoms with van der Waals surface area (Å²) >= 11 is 0. The van der Waals surface area contributed by atoms with Crippen LogP contribution in [0.25, 0.3) is 0 Å². The normalized spacial score (nSPS) is 20.5. The van der Waals surface area contributed by atoms with Crippen molar-refractivity contribution >= 4 is 11.6 Å². The summed E-state index contributed by atoms with van der Waals surface area (Å²) in [5.41, 5.74) is 0.752. The van der Waals surface area contributed by atoms with Crippen molar-refractivity contribution in [3.8, 4) is 5.75 Å². The molecule has 1 fully saturated rings. The molecule has 0 atom stereocenters. The number of halogens is 2. The molecule has 6 heteroatoms. The number of anilines is 1. The third-order valence-corrected chi connectivity index (χ3v) is 3.76. The van der Waals surface area contributed by atoms with Gasteiger partial charge < -0.3 is 14.8 Å². The zero-order chi connectivity index (χ0) is 13.5. The van der Waals surface area contributed by atoms with E-state index < -0.39 is 12.0 Å². The van der Waals surface area contributed by atoms with E-state index in [4.69, 9.17) is 4.74 Å². The zero-order valence-corrected chi connectivity index (χ0v) is 10.1. The molecule has 2 heterocycles. The van der Waals surface area contributed by atoms with Gasteiger partial charge in [-0.25, -0.2) is 0 Å². The molecule has 0 aliphatic carbocycles. The predicted octanol–water partition coefficient (Wildman–Crippen LogP) is 2.29. The van der Waals surface area contributed by atoms with Crippen molar-refractivity contribution in [1.82, 2.24) is 0 Å². The van der Waals surface area contributed by atoms with Gasteiger partial charge in [-0.05, 0) is 36.6 Å². The topological polar surface area (TPSA) is 47.6 Å². The zero-order valence-electron chi connectivity index (χ0n) is 10.1. The number of benzene rings is 1. The number of carbonyl (C=O) groups excluding carboxylic acids is 1. The third-order valence-electron chi connectivity index (χ3n) is 3.76. The minimum Gasteiger partial charge on any atom is -0.435 e. The van der Waals surface area contributed by atoms with Crippen molar-refractivity contribution in [1.29, 1.82) is 0 Å². The van der Waals surface area contributed by atoms with Crippen LogP contribution in [0.2, 0.25) is 0 Å². The summed E-state index contributed by atoms with van der Waals surface area (Å²) in [7, 11) is 0. The van der Waals surface area contributed by atoms with E-state index in [2.05, 4.69) is 10.1 Å². The Balaban J connectivity index is 2.00. The average Bonchev–Trinajstić information content (AvgIpc) is 2.64. The Morgan fingerprint density at radius 3 is 2.74 bits per heavy atom. The summed E-state index contributed by atoms with van der Waals surface area (Å²) in [5, 5.41) is 2.80. The first-order chi connectivity index (χ1) is 9.12. The second-order valence-corrected chi connectivity index (χ2v) is 4.73. The van der Waals surface area contributed by atoms with Gasteiger partial charge in [0.25, 0.3) is 0 Å². The summed E-state index contributed by atoms with van der Waals surface area (Å²) in [6.45, 7) is -1.88. The maximum Gasteiger partial charge on any atom is 0.387 e. The number of fused-ring (bicyclic) bond motifs is 2. The molecule has 4 nitrogen and oxygen atoms in total. The molecule has 1 aromatic rings. The number of hydrogen-bond donors (Lipinski definition) is 1. The SMILES string of the molecule is O=C1Nc2ccc(OC(F)F)cc2C12CCOCC2.